The Morgan fingerprint density at radius 1 is 1.00 bits per heavy atom. The van der Waals surface area contributed by atoms with Crippen LogP contribution in [0.4, 0.5) is 6.01 Å². The number of anilines is 1. The van der Waals surface area contributed by atoms with Crippen LogP contribution in [0.25, 0.3) is 0 Å². The lowest BCUT2D eigenvalue weighted by Gasteiger charge is -2.38. The van der Waals surface area contributed by atoms with Crippen LogP contribution < -0.4 is 4.90 Å². The zero-order valence-electron chi connectivity index (χ0n) is 15.4. The minimum atomic E-state index is -1.05. The Kier molecular flexibility index (Phi) is 4.10. The standard InChI is InChI=1S/C22H22N2O4/c25-18(15-6-2-1-3-7-15)19-20(26)23-21(28-19)24-12-10-22(11-13-24)17-9-5-4-8-16(17)14-27-22/h1-9,18,25-26H,10-14H2. The number of aromatic hydroxyl groups is 1. The van der Waals surface area contributed by atoms with E-state index < -0.39 is 6.10 Å². The molecule has 1 spiro atoms. The fraction of sp³-hybridized carbons (Fsp3) is 0.318. The highest BCUT2D eigenvalue weighted by Gasteiger charge is 2.43. The van der Waals surface area contributed by atoms with Gasteiger partial charge in [-0.15, -0.1) is 0 Å². The fourth-order valence-electron chi connectivity index (χ4n) is 4.27. The number of aromatic nitrogens is 1. The third-order valence-corrected chi connectivity index (χ3v) is 5.84. The molecule has 2 aromatic carbocycles. The number of fused-ring (bicyclic) bond motifs is 2. The lowest BCUT2D eigenvalue weighted by molar-refractivity contribution is -0.0555. The summed E-state index contributed by atoms with van der Waals surface area (Å²) in [6, 6.07) is 17.8. The Bertz CT molecular complexity index is 977. The minimum absolute atomic E-state index is 0.0731. The maximum atomic E-state index is 10.5. The molecule has 3 aromatic rings. The van der Waals surface area contributed by atoms with Crippen LogP contribution in [0.2, 0.25) is 0 Å². The second kappa shape index (κ2) is 6.65. The van der Waals surface area contributed by atoms with Crippen molar-refractivity contribution in [3.05, 3.63) is 77.0 Å². The van der Waals surface area contributed by atoms with Crippen molar-refractivity contribution in [2.75, 3.05) is 18.0 Å². The topological polar surface area (TPSA) is 79.0 Å². The molecule has 1 fully saturated rings. The lowest BCUT2D eigenvalue weighted by atomic mass is 9.84. The first-order valence-corrected chi connectivity index (χ1v) is 9.56. The van der Waals surface area contributed by atoms with Gasteiger partial charge in [-0.2, -0.15) is 4.98 Å². The summed E-state index contributed by atoms with van der Waals surface area (Å²) in [7, 11) is 0. The third-order valence-electron chi connectivity index (χ3n) is 5.84. The van der Waals surface area contributed by atoms with Gasteiger partial charge in [0.1, 0.15) is 6.10 Å². The Morgan fingerprint density at radius 3 is 2.50 bits per heavy atom. The van der Waals surface area contributed by atoms with Gasteiger partial charge in [-0.3, -0.25) is 0 Å². The quantitative estimate of drug-likeness (QED) is 0.726. The summed E-state index contributed by atoms with van der Waals surface area (Å²) in [5.41, 5.74) is 2.95. The number of benzene rings is 2. The van der Waals surface area contributed by atoms with E-state index in [4.69, 9.17) is 9.15 Å². The van der Waals surface area contributed by atoms with E-state index in [1.165, 1.54) is 11.1 Å². The predicted molar refractivity (Wildman–Crippen MR) is 103 cm³/mol. The van der Waals surface area contributed by atoms with E-state index in [2.05, 4.69) is 23.2 Å². The van der Waals surface area contributed by atoms with Gasteiger partial charge in [-0.05, 0) is 29.5 Å². The molecule has 0 bridgehead atoms. The highest BCUT2D eigenvalue weighted by Crippen LogP contribution is 2.45. The molecule has 28 heavy (non-hydrogen) atoms. The molecule has 6 heteroatoms. The molecule has 2 N–H and O–H groups in total. The van der Waals surface area contributed by atoms with Crippen molar-refractivity contribution in [3.8, 4) is 5.88 Å². The number of hydrogen-bond donors (Lipinski definition) is 2. The Balaban J connectivity index is 1.34. The number of hydrogen-bond acceptors (Lipinski definition) is 6. The number of aliphatic hydroxyl groups excluding tert-OH is 1. The summed E-state index contributed by atoms with van der Waals surface area (Å²) < 4.78 is 12.0. The molecule has 2 aliphatic heterocycles. The van der Waals surface area contributed by atoms with Crippen molar-refractivity contribution in [3.63, 3.8) is 0 Å². The van der Waals surface area contributed by atoms with E-state index in [0.717, 1.165) is 12.8 Å². The summed E-state index contributed by atoms with van der Waals surface area (Å²) in [5.74, 6) is -0.196. The van der Waals surface area contributed by atoms with Gasteiger partial charge in [0, 0.05) is 13.1 Å². The molecule has 1 aromatic heterocycles. The normalized spacial score (nSPS) is 19.0. The highest BCUT2D eigenvalue weighted by atomic mass is 16.5. The molecule has 5 rings (SSSR count). The van der Waals surface area contributed by atoms with Gasteiger partial charge in [-0.1, -0.05) is 54.6 Å². The summed E-state index contributed by atoms with van der Waals surface area (Å²) in [5, 5.41) is 20.7. The van der Waals surface area contributed by atoms with E-state index in [0.29, 0.717) is 31.3 Å². The van der Waals surface area contributed by atoms with Gasteiger partial charge in [0.2, 0.25) is 5.76 Å². The average molecular weight is 378 g/mol. The van der Waals surface area contributed by atoms with Gasteiger partial charge in [0.25, 0.3) is 5.88 Å². The van der Waals surface area contributed by atoms with Crippen LogP contribution in [0.5, 0.6) is 5.88 Å². The van der Waals surface area contributed by atoms with Crippen molar-refractivity contribution in [1.82, 2.24) is 4.98 Å². The molecule has 2 aliphatic rings. The molecule has 0 amide bonds. The molecule has 0 saturated carbocycles. The molecule has 0 aliphatic carbocycles. The van der Waals surface area contributed by atoms with Crippen molar-refractivity contribution >= 4 is 6.01 Å². The second-order valence-corrected chi connectivity index (χ2v) is 7.42. The summed E-state index contributed by atoms with van der Waals surface area (Å²) in [6.07, 6.45) is 0.594. The van der Waals surface area contributed by atoms with Crippen molar-refractivity contribution in [2.24, 2.45) is 0 Å². The van der Waals surface area contributed by atoms with Gasteiger partial charge >= 0.3 is 6.01 Å². The zero-order chi connectivity index (χ0) is 19.1. The first kappa shape index (κ1) is 17.3. The molecule has 3 heterocycles. The zero-order valence-corrected chi connectivity index (χ0v) is 15.4. The predicted octanol–water partition coefficient (Wildman–Crippen LogP) is 3.49. The van der Waals surface area contributed by atoms with Crippen LogP contribution in [-0.4, -0.2) is 28.3 Å². The monoisotopic (exact) mass is 378 g/mol. The molecular weight excluding hydrogens is 356 g/mol. The summed E-state index contributed by atoms with van der Waals surface area (Å²) >= 11 is 0. The largest absolute Gasteiger partial charge is 0.491 e. The number of oxazole rings is 1. The van der Waals surface area contributed by atoms with Crippen LogP contribution >= 0.6 is 0 Å². The molecule has 1 saturated heterocycles. The number of rotatable bonds is 3. The molecule has 0 radical (unpaired) electrons. The van der Waals surface area contributed by atoms with E-state index in [9.17, 15) is 10.2 Å². The third kappa shape index (κ3) is 2.77. The van der Waals surface area contributed by atoms with E-state index in [1.807, 2.05) is 29.2 Å². The van der Waals surface area contributed by atoms with E-state index >= 15 is 0 Å². The Labute approximate surface area is 163 Å². The highest BCUT2D eigenvalue weighted by molar-refractivity contribution is 5.40. The number of ether oxygens (including phenoxy) is 1. The van der Waals surface area contributed by atoms with Crippen molar-refractivity contribution in [2.45, 2.75) is 31.2 Å². The van der Waals surface area contributed by atoms with E-state index in [1.54, 1.807) is 12.1 Å². The molecule has 1 unspecified atom stereocenters. The van der Waals surface area contributed by atoms with Gasteiger partial charge in [0.05, 0.1) is 12.2 Å². The van der Waals surface area contributed by atoms with Gasteiger partial charge in [0.15, 0.2) is 0 Å². The Morgan fingerprint density at radius 2 is 1.71 bits per heavy atom. The summed E-state index contributed by atoms with van der Waals surface area (Å²) in [4.78, 5) is 6.15. The molecule has 1 atom stereocenters. The number of nitrogens with zero attached hydrogens (tertiary/aromatic N) is 2. The second-order valence-electron chi connectivity index (χ2n) is 7.42. The molecule has 6 nitrogen and oxygen atoms in total. The van der Waals surface area contributed by atoms with Gasteiger partial charge < -0.3 is 24.3 Å². The van der Waals surface area contributed by atoms with E-state index in [-0.39, 0.29) is 17.2 Å². The average Bonchev–Trinajstić information content (AvgIpc) is 3.30. The van der Waals surface area contributed by atoms with Crippen molar-refractivity contribution in [1.29, 1.82) is 0 Å². The van der Waals surface area contributed by atoms with Crippen LogP contribution in [0.15, 0.2) is 59.0 Å². The molecular formula is C22H22N2O4. The number of aliphatic hydroxyl groups is 1. The van der Waals surface area contributed by atoms with Crippen LogP contribution in [-0.2, 0) is 16.9 Å². The smallest absolute Gasteiger partial charge is 0.301 e. The maximum Gasteiger partial charge on any atom is 0.301 e. The first-order valence-electron chi connectivity index (χ1n) is 9.56. The lowest BCUT2D eigenvalue weighted by Crippen LogP contribution is -2.42. The van der Waals surface area contributed by atoms with Crippen molar-refractivity contribution < 1.29 is 19.4 Å². The molecule has 144 valence electrons. The maximum absolute atomic E-state index is 10.5. The SMILES string of the molecule is Oc1nc(N2CCC3(CC2)OCc2ccccc23)oc1C(O)c1ccccc1. The van der Waals surface area contributed by atoms with Crippen LogP contribution in [0.3, 0.4) is 0 Å². The van der Waals surface area contributed by atoms with Gasteiger partial charge in [-0.25, -0.2) is 0 Å². The van der Waals surface area contributed by atoms with Crippen LogP contribution in [0.1, 0.15) is 41.4 Å². The fourth-order valence-corrected chi connectivity index (χ4v) is 4.27. The number of piperidine rings is 1. The Hall–Kier alpha value is -2.83. The van der Waals surface area contributed by atoms with Crippen LogP contribution in [0, 0.1) is 0 Å². The first-order chi connectivity index (χ1) is 13.7. The summed E-state index contributed by atoms with van der Waals surface area (Å²) in [6.45, 7) is 2.06. The minimum Gasteiger partial charge on any atom is -0.491 e.